The van der Waals surface area contributed by atoms with Crippen molar-refractivity contribution in [3.8, 4) is 5.75 Å². The quantitative estimate of drug-likeness (QED) is 0.791. The molecule has 0 aromatic heterocycles. The number of carbonyl (C=O) groups is 1. The molecule has 27 heavy (non-hydrogen) atoms. The number of ether oxygens (including phenoxy) is 1. The van der Waals surface area contributed by atoms with Gasteiger partial charge in [0.25, 0.3) is 0 Å². The number of methoxy groups -OCH3 is 1. The summed E-state index contributed by atoms with van der Waals surface area (Å²) >= 11 is 5.74. The fourth-order valence-corrected chi connectivity index (χ4v) is 3.47. The second kappa shape index (κ2) is 9.17. The maximum absolute atomic E-state index is 13.8. The van der Waals surface area contributed by atoms with Crippen molar-refractivity contribution in [3.05, 3.63) is 58.9 Å². The fraction of sp³-hybridized carbons (Fsp3) is 0.350. The maximum Gasteiger partial charge on any atom is 0.225 e. The summed E-state index contributed by atoms with van der Waals surface area (Å²) in [6, 6.07) is 12.2. The fourth-order valence-electron chi connectivity index (χ4n) is 3.31. The number of para-hydroxylation sites is 1. The lowest BCUT2D eigenvalue weighted by Crippen LogP contribution is -2.46. The van der Waals surface area contributed by atoms with E-state index in [9.17, 15) is 9.18 Å². The second-order valence-electron chi connectivity index (χ2n) is 6.42. The first kappa shape index (κ1) is 19.6. The summed E-state index contributed by atoms with van der Waals surface area (Å²) in [6.07, 6.45) is 0.272. The SMILES string of the molecule is COc1ccccc1C1CNCCN1CCC(=O)Nc1ccc(Cl)cc1F. The molecule has 0 saturated carbocycles. The molecule has 1 atom stereocenters. The first-order chi connectivity index (χ1) is 13.1. The Kier molecular flexibility index (Phi) is 6.66. The van der Waals surface area contributed by atoms with Crippen molar-refractivity contribution in [2.24, 2.45) is 0 Å². The number of anilines is 1. The van der Waals surface area contributed by atoms with E-state index in [1.807, 2.05) is 24.3 Å². The molecule has 0 spiro atoms. The van der Waals surface area contributed by atoms with E-state index in [4.69, 9.17) is 16.3 Å². The van der Waals surface area contributed by atoms with Crippen LogP contribution >= 0.6 is 11.6 Å². The molecule has 0 bridgehead atoms. The Morgan fingerprint density at radius 3 is 2.96 bits per heavy atom. The number of hydrogen-bond donors (Lipinski definition) is 2. The van der Waals surface area contributed by atoms with Gasteiger partial charge in [-0.1, -0.05) is 29.8 Å². The van der Waals surface area contributed by atoms with Crippen LogP contribution in [0.25, 0.3) is 0 Å². The molecule has 2 aromatic rings. The van der Waals surface area contributed by atoms with E-state index in [2.05, 4.69) is 15.5 Å². The van der Waals surface area contributed by atoms with Crippen LogP contribution in [0.5, 0.6) is 5.75 Å². The monoisotopic (exact) mass is 391 g/mol. The minimum absolute atomic E-state index is 0.120. The minimum atomic E-state index is -0.537. The number of nitrogens with one attached hydrogen (secondary N) is 2. The number of hydrogen-bond acceptors (Lipinski definition) is 4. The number of nitrogens with zero attached hydrogens (tertiary/aromatic N) is 1. The van der Waals surface area contributed by atoms with Crippen LogP contribution in [0.15, 0.2) is 42.5 Å². The smallest absolute Gasteiger partial charge is 0.225 e. The van der Waals surface area contributed by atoms with Crippen molar-refractivity contribution in [3.63, 3.8) is 0 Å². The van der Waals surface area contributed by atoms with E-state index in [-0.39, 0.29) is 24.1 Å². The van der Waals surface area contributed by atoms with Gasteiger partial charge in [0, 0.05) is 43.2 Å². The molecule has 7 heteroatoms. The van der Waals surface area contributed by atoms with Gasteiger partial charge in [-0.05, 0) is 24.3 Å². The number of rotatable bonds is 6. The number of halogens is 2. The topological polar surface area (TPSA) is 53.6 Å². The van der Waals surface area contributed by atoms with Crippen molar-refractivity contribution in [1.29, 1.82) is 0 Å². The number of piperazine rings is 1. The summed E-state index contributed by atoms with van der Waals surface area (Å²) in [7, 11) is 1.66. The zero-order valence-corrected chi connectivity index (χ0v) is 15.9. The Labute approximate surface area is 163 Å². The van der Waals surface area contributed by atoms with E-state index in [0.717, 1.165) is 30.9 Å². The maximum atomic E-state index is 13.8. The van der Waals surface area contributed by atoms with Gasteiger partial charge in [0.2, 0.25) is 5.91 Å². The summed E-state index contributed by atoms with van der Waals surface area (Å²) < 4.78 is 19.3. The van der Waals surface area contributed by atoms with Gasteiger partial charge >= 0.3 is 0 Å². The number of carbonyl (C=O) groups excluding carboxylic acids is 1. The minimum Gasteiger partial charge on any atom is -0.496 e. The van der Waals surface area contributed by atoms with Crippen LogP contribution in [-0.4, -0.2) is 44.1 Å². The zero-order chi connectivity index (χ0) is 19.2. The van der Waals surface area contributed by atoms with E-state index in [0.29, 0.717) is 11.6 Å². The molecule has 1 fully saturated rings. The van der Waals surface area contributed by atoms with Crippen LogP contribution in [-0.2, 0) is 4.79 Å². The lowest BCUT2D eigenvalue weighted by Gasteiger charge is -2.37. The molecule has 1 unspecified atom stereocenters. The molecule has 1 heterocycles. The highest BCUT2D eigenvalue weighted by Gasteiger charge is 2.26. The molecule has 3 rings (SSSR count). The van der Waals surface area contributed by atoms with Crippen molar-refractivity contribution < 1.29 is 13.9 Å². The van der Waals surface area contributed by atoms with Crippen molar-refractivity contribution in [2.75, 3.05) is 38.6 Å². The molecule has 144 valence electrons. The van der Waals surface area contributed by atoms with E-state index in [1.54, 1.807) is 13.2 Å². The van der Waals surface area contributed by atoms with Gasteiger partial charge < -0.3 is 15.4 Å². The van der Waals surface area contributed by atoms with Crippen molar-refractivity contribution >= 4 is 23.2 Å². The van der Waals surface area contributed by atoms with Crippen LogP contribution in [0, 0.1) is 5.82 Å². The molecular formula is C20H23ClFN3O2. The summed E-state index contributed by atoms with van der Waals surface area (Å²) in [4.78, 5) is 14.5. The number of amides is 1. The summed E-state index contributed by atoms with van der Waals surface area (Å²) in [5, 5.41) is 6.31. The third-order valence-electron chi connectivity index (χ3n) is 4.68. The third kappa shape index (κ3) is 4.97. The summed E-state index contributed by atoms with van der Waals surface area (Å²) in [5.74, 6) is 0.0716. The van der Waals surface area contributed by atoms with Gasteiger partial charge in [-0.3, -0.25) is 9.69 Å². The molecule has 2 aromatic carbocycles. The molecule has 0 radical (unpaired) electrons. The highest BCUT2D eigenvalue weighted by atomic mass is 35.5. The normalized spacial score (nSPS) is 17.5. The van der Waals surface area contributed by atoms with Crippen molar-refractivity contribution in [2.45, 2.75) is 12.5 Å². The average molecular weight is 392 g/mol. The summed E-state index contributed by atoms with van der Waals surface area (Å²) in [6.45, 7) is 3.05. The molecule has 1 amide bonds. The highest BCUT2D eigenvalue weighted by molar-refractivity contribution is 6.30. The van der Waals surface area contributed by atoms with Crippen LogP contribution in [0.2, 0.25) is 5.02 Å². The predicted octanol–water partition coefficient (Wildman–Crippen LogP) is 3.46. The van der Waals surface area contributed by atoms with Gasteiger partial charge in [0.1, 0.15) is 11.6 Å². The van der Waals surface area contributed by atoms with Crippen molar-refractivity contribution in [1.82, 2.24) is 10.2 Å². The first-order valence-electron chi connectivity index (χ1n) is 8.91. The van der Waals surface area contributed by atoms with E-state index < -0.39 is 5.82 Å². The lowest BCUT2D eigenvalue weighted by molar-refractivity contribution is -0.116. The van der Waals surface area contributed by atoms with E-state index >= 15 is 0 Å². The molecular weight excluding hydrogens is 369 g/mol. The molecule has 0 aliphatic carbocycles. The zero-order valence-electron chi connectivity index (χ0n) is 15.2. The average Bonchev–Trinajstić information content (AvgIpc) is 2.69. The number of benzene rings is 2. The Morgan fingerprint density at radius 1 is 1.37 bits per heavy atom. The standard InChI is InChI=1S/C20H23ClFN3O2/c1-27-19-5-3-2-4-15(19)18-13-23-9-11-25(18)10-8-20(26)24-17-7-6-14(21)12-16(17)22/h2-7,12,18,23H,8-11,13H2,1H3,(H,24,26). The van der Waals surface area contributed by atoms with Gasteiger partial charge in [0.15, 0.2) is 0 Å². The first-order valence-corrected chi connectivity index (χ1v) is 9.29. The van der Waals surface area contributed by atoms with Crippen LogP contribution in [0.4, 0.5) is 10.1 Å². The highest BCUT2D eigenvalue weighted by Crippen LogP contribution is 2.30. The molecule has 5 nitrogen and oxygen atoms in total. The summed E-state index contributed by atoms with van der Waals surface area (Å²) in [5.41, 5.74) is 1.24. The van der Waals surface area contributed by atoms with Crippen LogP contribution in [0.1, 0.15) is 18.0 Å². The Balaban J connectivity index is 1.63. The largest absolute Gasteiger partial charge is 0.496 e. The van der Waals surface area contributed by atoms with Gasteiger partial charge in [-0.25, -0.2) is 4.39 Å². The Bertz CT molecular complexity index is 803. The van der Waals surface area contributed by atoms with Gasteiger partial charge in [0.05, 0.1) is 18.8 Å². The Hall–Kier alpha value is -2.15. The molecule has 2 N–H and O–H groups in total. The van der Waals surface area contributed by atoms with Gasteiger partial charge in [-0.2, -0.15) is 0 Å². The lowest BCUT2D eigenvalue weighted by atomic mass is 10.0. The van der Waals surface area contributed by atoms with E-state index in [1.165, 1.54) is 12.1 Å². The predicted molar refractivity (Wildman–Crippen MR) is 105 cm³/mol. The molecule has 1 aliphatic heterocycles. The van der Waals surface area contributed by atoms with Crippen LogP contribution < -0.4 is 15.4 Å². The Morgan fingerprint density at radius 2 is 2.19 bits per heavy atom. The van der Waals surface area contributed by atoms with Gasteiger partial charge in [-0.15, -0.1) is 0 Å². The van der Waals surface area contributed by atoms with Crippen LogP contribution in [0.3, 0.4) is 0 Å². The second-order valence-corrected chi connectivity index (χ2v) is 6.86. The molecule has 1 saturated heterocycles. The third-order valence-corrected chi connectivity index (χ3v) is 4.92. The molecule has 1 aliphatic rings.